The number of sulfone groups is 1. The number of alkyl halides is 6. The summed E-state index contributed by atoms with van der Waals surface area (Å²) < 4.78 is 106. The van der Waals surface area contributed by atoms with E-state index >= 15 is 0 Å². The Balaban J connectivity index is 2.05. The molecule has 7 nitrogen and oxygen atoms in total. The molecule has 0 aliphatic carbocycles. The van der Waals surface area contributed by atoms with Gasteiger partial charge in [0.2, 0.25) is 0 Å². The van der Waals surface area contributed by atoms with E-state index in [9.17, 15) is 34.8 Å². The first-order valence-corrected chi connectivity index (χ1v) is 10.6. The van der Waals surface area contributed by atoms with Crippen molar-refractivity contribution in [2.24, 2.45) is 7.05 Å². The van der Waals surface area contributed by atoms with E-state index in [0.717, 1.165) is 22.7 Å². The molecule has 0 fully saturated rings. The molecule has 4 aromatic heterocycles. The molecule has 0 saturated heterocycles. The van der Waals surface area contributed by atoms with Crippen molar-refractivity contribution in [2.45, 2.75) is 24.3 Å². The van der Waals surface area contributed by atoms with Gasteiger partial charge in [-0.25, -0.2) is 23.4 Å². The Labute approximate surface area is 176 Å². The van der Waals surface area contributed by atoms with E-state index < -0.39 is 44.2 Å². The van der Waals surface area contributed by atoms with Crippen LogP contribution in [0.25, 0.3) is 28.2 Å². The first kappa shape index (κ1) is 22.0. The number of halogens is 6. The lowest BCUT2D eigenvalue weighted by atomic mass is 10.3. The minimum absolute atomic E-state index is 0.0961. The van der Waals surface area contributed by atoms with Gasteiger partial charge in [0, 0.05) is 13.2 Å². The monoisotopic (exact) mass is 477 g/mol. The van der Waals surface area contributed by atoms with Gasteiger partial charge in [-0.1, -0.05) is 6.92 Å². The zero-order valence-corrected chi connectivity index (χ0v) is 17.1. The molecule has 0 saturated carbocycles. The van der Waals surface area contributed by atoms with Gasteiger partial charge in [-0.15, -0.1) is 0 Å². The third-order valence-electron chi connectivity index (χ3n) is 4.85. The summed E-state index contributed by atoms with van der Waals surface area (Å²) in [6.45, 7) is 1.31. The predicted molar refractivity (Wildman–Crippen MR) is 100 cm³/mol. The molecule has 0 bridgehead atoms. The summed E-state index contributed by atoms with van der Waals surface area (Å²) in [5.41, 5.74) is -2.63. The fourth-order valence-corrected chi connectivity index (χ4v) is 4.38. The summed E-state index contributed by atoms with van der Waals surface area (Å²) in [7, 11) is -2.71. The van der Waals surface area contributed by atoms with Crippen molar-refractivity contribution < 1.29 is 34.8 Å². The van der Waals surface area contributed by atoms with E-state index in [4.69, 9.17) is 0 Å². The van der Waals surface area contributed by atoms with E-state index in [-0.39, 0.29) is 28.2 Å². The van der Waals surface area contributed by atoms with Gasteiger partial charge in [-0.05, 0) is 18.2 Å². The highest BCUT2D eigenvalue weighted by Gasteiger charge is 2.35. The van der Waals surface area contributed by atoms with Gasteiger partial charge in [0.1, 0.15) is 17.0 Å². The maximum atomic E-state index is 13.2. The van der Waals surface area contributed by atoms with Gasteiger partial charge in [-0.2, -0.15) is 26.3 Å². The van der Waals surface area contributed by atoms with E-state index in [1.165, 1.54) is 18.5 Å². The lowest BCUT2D eigenvalue weighted by molar-refractivity contribution is -0.141. The molecule has 0 N–H and O–H groups in total. The number of aryl methyl sites for hydroxylation is 1. The summed E-state index contributed by atoms with van der Waals surface area (Å²) in [5.74, 6) is -0.585. The molecule has 0 aliphatic heterocycles. The van der Waals surface area contributed by atoms with Crippen LogP contribution in [0.15, 0.2) is 35.6 Å². The molecule has 4 rings (SSSR count). The number of pyridine rings is 2. The highest BCUT2D eigenvalue weighted by atomic mass is 32.2. The van der Waals surface area contributed by atoms with Crippen LogP contribution >= 0.6 is 0 Å². The number of aromatic nitrogens is 5. The maximum absolute atomic E-state index is 13.2. The van der Waals surface area contributed by atoms with Crippen LogP contribution in [-0.2, 0) is 29.2 Å². The molecule has 4 heterocycles. The lowest BCUT2D eigenvalue weighted by Crippen LogP contribution is -2.11. The summed E-state index contributed by atoms with van der Waals surface area (Å²) in [6.07, 6.45) is -7.91. The molecule has 0 spiro atoms. The molecule has 32 heavy (non-hydrogen) atoms. The minimum atomic E-state index is -4.73. The maximum Gasteiger partial charge on any atom is 0.433 e. The smallest absolute Gasteiger partial charge is 0.324 e. The van der Waals surface area contributed by atoms with E-state index in [2.05, 4.69) is 15.0 Å². The number of imidazole rings is 2. The molecular formula is C18H13F6N5O2S. The second kappa shape index (κ2) is 6.92. The van der Waals surface area contributed by atoms with Crippen LogP contribution in [0.2, 0.25) is 0 Å². The van der Waals surface area contributed by atoms with Crippen molar-refractivity contribution in [1.82, 2.24) is 23.9 Å². The summed E-state index contributed by atoms with van der Waals surface area (Å²) >= 11 is 0. The van der Waals surface area contributed by atoms with Gasteiger partial charge < -0.3 is 4.57 Å². The Morgan fingerprint density at radius 3 is 2.31 bits per heavy atom. The van der Waals surface area contributed by atoms with Gasteiger partial charge in [0.25, 0.3) is 0 Å². The van der Waals surface area contributed by atoms with E-state index in [1.54, 1.807) is 0 Å². The van der Waals surface area contributed by atoms with Crippen LogP contribution in [0.5, 0.6) is 0 Å². The first-order valence-electron chi connectivity index (χ1n) is 8.96. The molecule has 0 amide bonds. The highest BCUT2D eigenvalue weighted by Crippen LogP contribution is 2.35. The molecule has 4 aromatic rings. The molecule has 14 heteroatoms. The third kappa shape index (κ3) is 3.47. The SMILES string of the molecule is CCS(=O)(=O)c1c(-c2nc3cc(C(F)(F)F)ncc3n2C)nc2ccc(C(F)(F)F)cn12. The fraction of sp³-hybridized carbons (Fsp3) is 0.278. The standard InChI is InChI=1S/C18H13F6N5O2S/c1-3-32(30,31)16-14(27-13-5-4-9(8-29(13)16)17(19,20)21)15-26-10-6-12(18(22,23)24)25-7-11(10)28(15)2/h4-8H,3H2,1-2H3. The predicted octanol–water partition coefficient (Wildman–Crippen LogP) is 4.11. The average molecular weight is 477 g/mol. The topological polar surface area (TPSA) is 82.1 Å². The normalized spacial score (nSPS) is 13.4. The van der Waals surface area contributed by atoms with Crippen molar-refractivity contribution >= 4 is 26.5 Å². The summed E-state index contributed by atoms with van der Waals surface area (Å²) in [4.78, 5) is 11.6. The van der Waals surface area contributed by atoms with Gasteiger partial charge >= 0.3 is 12.4 Å². The van der Waals surface area contributed by atoms with Crippen LogP contribution in [0.1, 0.15) is 18.2 Å². The zero-order valence-electron chi connectivity index (χ0n) is 16.3. The quantitative estimate of drug-likeness (QED) is 0.415. The Hall–Kier alpha value is -3.16. The van der Waals surface area contributed by atoms with Crippen LogP contribution in [0.3, 0.4) is 0 Å². The Kier molecular flexibility index (Phi) is 4.77. The summed E-state index contributed by atoms with van der Waals surface area (Å²) in [6, 6.07) is 2.46. The molecule has 0 unspecified atom stereocenters. The number of rotatable bonds is 3. The Morgan fingerprint density at radius 2 is 1.72 bits per heavy atom. The van der Waals surface area contributed by atoms with Crippen molar-refractivity contribution in [3.63, 3.8) is 0 Å². The molecule has 0 radical (unpaired) electrons. The van der Waals surface area contributed by atoms with E-state index in [1.807, 2.05) is 0 Å². The van der Waals surface area contributed by atoms with Crippen LogP contribution < -0.4 is 0 Å². The average Bonchev–Trinajstić information content (AvgIpc) is 3.24. The van der Waals surface area contributed by atoms with Crippen LogP contribution in [0, 0.1) is 0 Å². The van der Waals surface area contributed by atoms with E-state index in [0.29, 0.717) is 12.3 Å². The molecule has 0 atom stereocenters. The Bertz CT molecular complexity index is 1470. The minimum Gasteiger partial charge on any atom is -0.324 e. The molecule has 0 aliphatic rings. The molecule has 0 aromatic carbocycles. The first-order chi connectivity index (χ1) is 14.7. The second-order valence-corrected chi connectivity index (χ2v) is 9.06. The van der Waals surface area contributed by atoms with Crippen molar-refractivity contribution in [2.75, 3.05) is 5.75 Å². The number of hydrogen-bond donors (Lipinski definition) is 0. The van der Waals surface area contributed by atoms with Gasteiger partial charge in [-0.3, -0.25) is 4.40 Å². The highest BCUT2D eigenvalue weighted by molar-refractivity contribution is 7.91. The van der Waals surface area contributed by atoms with Gasteiger partial charge in [0.15, 0.2) is 20.7 Å². The number of hydrogen-bond acceptors (Lipinski definition) is 5. The third-order valence-corrected chi connectivity index (χ3v) is 6.59. The lowest BCUT2D eigenvalue weighted by Gasteiger charge is -2.09. The van der Waals surface area contributed by atoms with Gasteiger partial charge in [0.05, 0.1) is 28.5 Å². The van der Waals surface area contributed by atoms with Crippen molar-refractivity contribution in [1.29, 1.82) is 0 Å². The molecule has 170 valence electrons. The fourth-order valence-electron chi connectivity index (χ4n) is 3.23. The largest absolute Gasteiger partial charge is 0.433 e. The second-order valence-electron chi connectivity index (χ2n) is 6.86. The van der Waals surface area contributed by atoms with Crippen molar-refractivity contribution in [3.8, 4) is 11.5 Å². The van der Waals surface area contributed by atoms with Crippen LogP contribution in [0.4, 0.5) is 26.3 Å². The Morgan fingerprint density at radius 1 is 1.03 bits per heavy atom. The van der Waals surface area contributed by atoms with Crippen LogP contribution in [-0.4, -0.2) is 38.1 Å². The summed E-state index contributed by atoms with van der Waals surface area (Å²) in [5, 5.41) is -0.538. The number of fused-ring (bicyclic) bond motifs is 2. The van der Waals surface area contributed by atoms with Crippen molar-refractivity contribution in [3.05, 3.63) is 41.9 Å². The molecular weight excluding hydrogens is 464 g/mol. The zero-order chi connectivity index (χ0) is 23.6. The number of nitrogens with zero attached hydrogens (tertiary/aromatic N) is 5.